The molecule has 0 spiro atoms. The van der Waals surface area contributed by atoms with Crippen LogP contribution in [0.5, 0.6) is 5.75 Å². The number of alkyl halides is 3. The van der Waals surface area contributed by atoms with Crippen molar-refractivity contribution < 1.29 is 22.7 Å². The molecule has 1 heterocycles. The van der Waals surface area contributed by atoms with Crippen molar-refractivity contribution in [3.63, 3.8) is 0 Å². The van der Waals surface area contributed by atoms with E-state index >= 15 is 0 Å². The number of carbonyl (C=O) groups excluding carboxylic acids is 1. The number of anilines is 1. The van der Waals surface area contributed by atoms with Crippen LogP contribution < -0.4 is 10.1 Å². The molecule has 0 unspecified atom stereocenters. The van der Waals surface area contributed by atoms with Crippen LogP contribution >= 0.6 is 23.4 Å². The zero-order valence-corrected chi connectivity index (χ0v) is 17.1. The molecule has 0 saturated carbocycles. The van der Waals surface area contributed by atoms with E-state index in [1.54, 1.807) is 48.5 Å². The molecule has 1 amide bonds. The van der Waals surface area contributed by atoms with Gasteiger partial charge in [0.05, 0.1) is 18.6 Å². The molecule has 3 aromatic rings. The van der Waals surface area contributed by atoms with E-state index in [0.717, 1.165) is 17.8 Å². The van der Waals surface area contributed by atoms with E-state index in [2.05, 4.69) is 15.3 Å². The summed E-state index contributed by atoms with van der Waals surface area (Å²) in [6.45, 7) is 0. The monoisotopic (exact) mass is 453 g/mol. The summed E-state index contributed by atoms with van der Waals surface area (Å²) in [5, 5.41) is 2.92. The van der Waals surface area contributed by atoms with Crippen LogP contribution in [0.4, 0.5) is 18.9 Å². The molecule has 1 aromatic heterocycles. The predicted molar refractivity (Wildman–Crippen MR) is 110 cm³/mol. The lowest BCUT2D eigenvalue weighted by atomic mass is 10.1. The number of thioether (sulfide) groups is 1. The van der Waals surface area contributed by atoms with E-state index < -0.39 is 17.8 Å². The molecule has 10 heteroatoms. The van der Waals surface area contributed by atoms with Crippen molar-refractivity contribution in [1.29, 1.82) is 0 Å². The van der Waals surface area contributed by atoms with Gasteiger partial charge in [0.1, 0.15) is 11.4 Å². The van der Waals surface area contributed by atoms with Crippen LogP contribution in [0.2, 0.25) is 5.02 Å². The smallest absolute Gasteiger partial charge is 0.433 e. The Balaban J connectivity index is 1.80. The van der Waals surface area contributed by atoms with Crippen LogP contribution in [-0.4, -0.2) is 28.7 Å². The number of ether oxygens (including phenoxy) is 1. The molecule has 0 aliphatic rings. The summed E-state index contributed by atoms with van der Waals surface area (Å²) in [6.07, 6.45) is -4.65. The van der Waals surface area contributed by atoms with Crippen molar-refractivity contribution in [3.8, 4) is 17.0 Å². The molecule has 5 nitrogen and oxygen atoms in total. The molecule has 0 saturated heterocycles. The summed E-state index contributed by atoms with van der Waals surface area (Å²) in [5.74, 6) is -0.0269. The number of benzene rings is 2. The summed E-state index contributed by atoms with van der Waals surface area (Å²) >= 11 is 6.67. The van der Waals surface area contributed by atoms with E-state index in [1.165, 1.54) is 7.11 Å². The second kappa shape index (κ2) is 9.36. The molecular weight excluding hydrogens is 439 g/mol. The summed E-state index contributed by atoms with van der Waals surface area (Å²) in [4.78, 5) is 19.9. The normalized spacial score (nSPS) is 11.2. The predicted octanol–water partition coefficient (Wildman–Crippen LogP) is 5.56. The molecule has 30 heavy (non-hydrogen) atoms. The Kier molecular flexibility index (Phi) is 6.84. The number of amides is 1. The first-order valence-corrected chi connectivity index (χ1v) is 9.90. The van der Waals surface area contributed by atoms with E-state index in [4.69, 9.17) is 16.3 Å². The first kappa shape index (κ1) is 21.9. The minimum atomic E-state index is -4.65. The van der Waals surface area contributed by atoms with Crippen LogP contribution in [0, 0.1) is 0 Å². The van der Waals surface area contributed by atoms with Gasteiger partial charge >= 0.3 is 6.18 Å². The van der Waals surface area contributed by atoms with Gasteiger partial charge in [-0.25, -0.2) is 9.97 Å². The number of hydrogen-bond acceptors (Lipinski definition) is 5. The van der Waals surface area contributed by atoms with E-state index in [9.17, 15) is 18.0 Å². The Labute approximate surface area is 179 Å². The van der Waals surface area contributed by atoms with Gasteiger partial charge in [0.2, 0.25) is 5.91 Å². The number of aromatic nitrogens is 2. The number of rotatable bonds is 6. The summed E-state index contributed by atoms with van der Waals surface area (Å²) in [5.41, 5.74) is -0.0373. The fourth-order valence-electron chi connectivity index (χ4n) is 2.44. The molecule has 0 atom stereocenters. The second-order valence-electron chi connectivity index (χ2n) is 5.99. The zero-order valence-electron chi connectivity index (χ0n) is 15.5. The molecule has 3 rings (SSSR count). The molecular formula is C20H15ClF3N3O2S. The average molecular weight is 454 g/mol. The van der Waals surface area contributed by atoms with Crippen LogP contribution in [0.3, 0.4) is 0 Å². The number of methoxy groups -OCH3 is 1. The maximum Gasteiger partial charge on any atom is 0.433 e. The minimum Gasteiger partial charge on any atom is -0.497 e. The second-order valence-corrected chi connectivity index (χ2v) is 7.37. The Hall–Kier alpha value is -2.78. The van der Waals surface area contributed by atoms with E-state index in [-0.39, 0.29) is 16.6 Å². The van der Waals surface area contributed by atoms with Crippen molar-refractivity contribution >= 4 is 35.0 Å². The molecule has 0 radical (unpaired) electrons. The van der Waals surface area contributed by atoms with Crippen molar-refractivity contribution in [2.75, 3.05) is 18.2 Å². The molecule has 0 fully saturated rings. The minimum absolute atomic E-state index is 0.0951. The van der Waals surface area contributed by atoms with Gasteiger partial charge in [0.15, 0.2) is 5.16 Å². The van der Waals surface area contributed by atoms with Gasteiger partial charge in [0.25, 0.3) is 0 Å². The number of carbonyl (C=O) groups is 1. The quantitative estimate of drug-likeness (QED) is 0.391. The van der Waals surface area contributed by atoms with E-state index in [1.807, 2.05) is 0 Å². The van der Waals surface area contributed by atoms with E-state index in [0.29, 0.717) is 22.0 Å². The molecule has 156 valence electrons. The van der Waals surface area contributed by atoms with Gasteiger partial charge in [0, 0.05) is 16.3 Å². The zero-order chi connectivity index (χ0) is 21.7. The van der Waals surface area contributed by atoms with Gasteiger partial charge in [-0.1, -0.05) is 29.4 Å². The lowest BCUT2D eigenvalue weighted by molar-refractivity contribution is -0.141. The van der Waals surface area contributed by atoms with Crippen molar-refractivity contribution in [3.05, 3.63) is 65.3 Å². The standard InChI is InChI=1S/C20H15ClF3N3O2S/c1-29-15-7-5-12(6-8-15)16-10-17(20(22,23)24)27-19(26-16)30-11-18(28)25-14-4-2-3-13(21)9-14/h2-10H,11H2,1H3,(H,25,28). The molecule has 0 aliphatic heterocycles. The molecule has 0 bridgehead atoms. The first-order valence-electron chi connectivity index (χ1n) is 8.53. The van der Waals surface area contributed by atoms with Crippen molar-refractivity contribution in [2.24, 2.45) is 0 Å². The van der Waals surface area contributed by atoms with Crippen LogP contribution in [0.25, 0.3) is 11.3 Å². The lowest BCUT2D eigenvalue weighted by Crippen LogP contribution is -2.15. The number of hydrogen-bond donors (Lipinski definition) is 1. The third kappa shape index (κ3) is 5.87. The van der Waals surface area contributed by atoms with Crippen molar-refractivity contribution in [1.82, 2.24) is 9.97 Å². The van der Waals surface area contributed by atoms with Gasteiger partial charge in [-0.05, 0) is 48.5 Å². The maximum atomic E-state index is 13.3. The largest absolute Gasteiger partial charge is 0.497 e. The maximum absolute atomic E-state index is 13.3. The topological polar surface area (TPSA) is 64.1 Å². The Morgan fingerprint density at radius 2 is 1.87 bits per heavy atom. The lowest BCUT2D eigenvalue weighted by Gasteiger charge is -2.11. The third-order valence-corrected chi connectivity index (χ3v) is 4.90. The number of nitrogens with one attached hydrogen (secondary N) is 1. The molecule has 2 aromatic carbocycles. The highest BCUT2D eigenvalue weighted by molar-refractivity contribution is 7.99. The van der Waals surface area contributed by atoms with Gasteiger partial charge < -0.3 is 10.1 Å². The summed E-state index contributed by atoms with van der Waals surface area (Å²) < 4.78 is 44.9. The Morgan fingerprint density at radius 1 is 1.13 bits per heavy atom. The van der Waals surface area contributed by atoms with Crippen LogP contribution in [-0.2, 0) is 11.0 Å². The average Bonchev–Trinajstić information content (AvgIpc) is 2.71. The highest BCUT2D eigenvalue weighted by atomic mass is 35.5. The fraction of sp³-hybridized carbons (Fsp3) is 0.150. The highest BCUT2D eigenvalue weighted by Crippen LogP contribution is 2.32. The van der Waals surface area contributed by atoms with Gasteiger partial charge in [-0.3, -0.25) is 4.79 Å². The Morgan fingerprint density at radius 3 is 2.50 bits per heavy atom. The summed E-state index contributed by atoms with van der Waals surface area (Å²) in [6, 6.07) is 13.8. The third-order valence-electron chi connectivity index (χ3n) is 3.82. The number of nitrogens with zero attached hydrogens (tertiary/aromatic N) is 2. The van der Waals surface area contributed by atoms with Crippen LogP contribution in [0.15, 0.2) is 59.8 Å². The van der Waals surface area contributed by atoms with Gasteiger partial charge in [-0.15, -0.1) is 0 Å². The molecule has 0 aliphatic carbocycles. The SMILES string of the molecule is COc1ccc(-c2cc(C(F)(F)F)nc(SCC(=O)Nc3cccc(Cl)c3)n2)cc1. The fourth-order valence-corrected chi connectivity index (χ4v) is 3.29. The van der Waals surface area contributed by atoms with Gasteiger partial charge in [-0.2, -0.15) is 13.2 Å². The first-order chi connectivity index (χ1) is 14.2. The summed E-state index contributed by atoms with van der Waals surface area (Å²) in [7, 11) is 1.49. The highest BCUT2D eigenvalue weighted by Gasteiger charge is 2.34. The number of halogens is 4. The van der Waals surface area contributed by atoms with Crippen LogP contribution in [0.1, 0.15) is 5.69 Å². The van der Waals surface area contributed by atoms with Crippen molar-refractivity contribution in [2.45, 2.75) is 11.3 Å². The molecule has 1 N–H and O–H groups in total. The Bertz CT molecular complexity index is 1050.